The van der Waals surface area contributed by atoms with E-state index in [9.17, 15) is 0 Å². The van der Waals surface area contributed by atoms with E-state index in [1.165, 1.54) is 32.7 Å². The predicted octanol–water partition coefficient (Wildman–Crippen LogP) is 11.7. The summed E-state index contributed by atoms with van der Waals surface area (Å²) in [6, 6.07) is 59.9. The lowest BCUT2D eigenvalue weighted by atomic mass is 10.0. The van der Waals surface area contributed by atoms with Crippen LogP contribution in [0.1, 0.15) is 0 Å². The average molecular weight is 664 g/mol. The van der Waals surface area contributed by atoms with Crippen LogP contribution in [-0.4, -0.2) is 24.1 Å². The first-order valence-electron chi connectivity index (χ1n) is 17.5. The molecule has 0 aliphatic carbocycles. The van der Waals surface area contributed by atoms with Gasteiger partial charge in [-0.15, -0.1) is 0 Å². The Labute approximate surface area is 298 Å². The molecule has 0 saturated heterocycles. The van der Waals surface area contributed by atoms with Crippen molar-refractivity contribution in [3.05, 3.63) is 176 Å². The summed E-state index contributed by atoms with van der Waals surface area (Å²) in [6.45, 7) is 0. The van der Waals surface area contributed by atoms with E-state index in [1.807, 2.05) is 42.6 Å². The maximum atomic E-state index is 5.40. The van der Waals surface area contributed by atoms with E-state index >= 15 is 0 Å². The molecule has 242 valence electrons. The van der Waals surface area contributed by atoms with E-state index in [1.54, 1.807) is 0 Å². The molecule has 0 radical (unpaired) electrons. The summed E-state index contributed by atoms with van der Waals surface area (Å²) in [6.07, 6.45) is 1.87. The normalized spacial score (nSPS) is 11.8. The molecule has 4 aromatic heterocycles. The minimum atomic E-state index is 0.794. The first-order valence-corrected chi connectivity index (χ1v) is 17.5. The molecule has 11 aromatic rings. The summed E-state index contributed by atoms with van der Waals surface area (Å²) in [7, 11) is 0. The fraction of sp³-hybridized carbons (Fsp3) is 0. The van der Waals surface area contributed by atoms with Crippen LogP contribution in [0.15, 0.2) is 176 Å². The quantitative estimate of drug-likeness (QED) is 0.188. The molecule has 0 N–H and O–H groups in total. The average Bonchev–Trinajstić information content (AvgIpc) is 3.72. The van der Waals surface area contributed by atoms with Crippen LogP contribution in [-0.2, 0) is 0 Å². The first-order chi connectivity index (χ1) is 25.8. The van der Waals surface area contributed by atoms with Crippen molar-refractivity contribution in [3.63, 3.8) is 0 Å². The summed E-state index contributed by atoms with van der Waals surface area (Å²) >= 11 is 0. The van der Waals surface area contributed by atoms with Crippen molar-refractivity contribution in [2.45, 2.75) is 0 Å². The molecule has 5 nitrogen and oxygen atoms in total. The van der Waals surface area contributed by atoms with E-state index < -0.39 is 0 Å². The fourth-order valence-corrected chi connectivity index (χ4v) is 7.99. The summed E-state index contributed by atoms with van der Waals surface area (Å²) in [5, 5.41) is 7.07. The van der Waals surface area contributed by atoms with Crippen LogP contribution in [0.4, 0.5) is 0 Å². The van der Waals surface area contributed by atoms with Crippen molar-refractivity contribution in [2.75, 3.05) is 0 Å². The van der Waals surface area contributed by atoms with Crippen molar-refractivity contribution in [3.8, 4) is 34.0 Å². The Morgan fingerprint density at radius 2 is 1.06 bits per heavy atom. The largest absolute Gasteiger partial charge is 0.293 e. The zero-order valence-electron chi connectivity index (χ0n) is 28.0. The molecule has 11 rings (SSSR count). The molecule has 0 atom stereocenters. The van der Waals surface area contributed by atoms with E-state index in [-0.39, 0.29) is 0 Å². The van der Waals surface area contributed by atoms with Gasteiger partial charge in [0.15, 0.2) is 5.82 Å². The van der Waals surface area contributed by atoms with Crippen molar-refractivity contribution in [1.29, 1.82) is 0 Å². The number of rotatable bonds is 4. The topological polar surface area (TPSA) is 48.5 Å². The van der Waals surface area contributed by atoms with Crippen molar-refractivity contribution in [1.82, 2.24) is 24.1 Å². The van der Waals surface area contributed by atoms with E-state index in [4.69, 9.17) is 15.0 Å². The van der Waals surface area contributed by atoms with Crippen LogP contribution in [0.2, 0.25) is 0 Å². The molecule has 0 amide bonds. The van der Waals surface area contributed by atoms with Gasteiger partial charge in [0.25, 0.3) is 0 Å². The van der Waals surface area contributed by atoms with Gasteiger partial charge in [-0.1, -0.05) is 121 Å². The van der Waals surface area contributed by atoms with Crippen molar-refractivity contribution >= 4 is 65.4 Å². The Morgan fingerprint density at radius 1 is 0.385 bits per heavy atom. The van der Waals surface area contributed by atoms with Crippen LogP contribution in [0.25, 0.3) is 99.4 Å². The molecule has 0 unspecified atom stereocenters. The van der Waals surface area contributed by atoms with Gasteiger partial charge in [0, 0.05) is 38.7 Å². The van der Waals surface area contributed by atoms with Crippen molar-refractivity contribution < 1.29 is 0 Å². The number of fused-ring (bicyclic) bond motifs is 9. The zero-order chi connectivity index (χ0) is 34.2. The number of hydrogen-bond donors (Lipinski definition) is 0. The molecule has 0 fully saturated rings. The molecule has 52 heavy (non-hydrogen) atoms. The number of aromatic nitrogens is 5. The third-order valence-electron chi connectivity index (χ3n) is 10.3. The molecule has 0 aliphatic heterocycles. The highest BCUT2D eigenvalue weighted by Gasteiger charge is 2.23. The standard InChI is InChI=1S/C47H29N5/c1-3-13-30(14-4-1)33-23-25-41-36(27-33)38-28-37-35-24-22-31-15-7-8-18-34(31)46(35)52(44-21-11-12-26-48-44)43(37)29-42(38)51(41)47-45(32-16-5-2-6-17-32)49-39-19-9-10-20-40(39)50-47/h1-29H. The number of benzene rings is 7. The number of hydrogen-bond acceptors (Lipinski definition) is 3. The molecule has 7 aromatic carbocycles. The van der Waals surface area contributed by atoms with E-state index in [2.05, 4.69) is 143 Å². The van der Waals surface area contributed by atoms with Gasteiger partial charge in [-0.25, -0.2) is 15.0 Å². The van der Waals surface area contributed by atoms with Crippen LogP contribution in [0.3, 0.4) is 0 Å². The summed E-state index contributed by atoms with van der Waals surface area (Å²) in [4.78, 5) is 15.6. The lowest BCUT2D eigenvalue weighted by Crippen LogP contribution is -2.04. The lowest BCUT2D eigenvalue weighted by Gasteiger charge is -2.14. The second-order valence-electron chi connectivity index (χ2n) is 13.3. The van der Waals surface area contributed by atoms with Crippen LogP contribution < -0.4 is 0 Å². The Morgan fingerprint density at radius 3 is 1.87 bits per heavy atom. The Balaban J connectivity index is 1.34. The molecule has 4 heterocycles. The highest BCUT2D eigenvalue weighted by molar-refractivity contribution is 6.23. The molecule has 5 heteroatoms. The van der Waals surface area contributed by atoms with Gasteiger partial charge >= 0.3 is 0 Å². The van der Waals surface area contributed by atoms with Gasteiger partial charge in [0.05, 0.1) is 33.1 Å². The number of nitrogens with zero attached hydrogens (tertiary/aromatic N) is 5. The van der Waals surface area contributed by atoms with E-state index in [0.717, 1.165) is 66.8 Å². The molecule has 0 aliphatic rings. The van der Waals surface area contributed by atoms with E-state index in [0.29, 0.717) is 0 Å². The molecule has 0 bridgehead atoms. The van der Waals surface area contributed by atoms with Gasteiger partial charge in [-0.3, -0.25) is 9.13 Å². The monoisotopic (exact) mass is 663 g/mol. The van der Waals surface area contributed by atoms with Crippen LogP contribution in [0, 0.1) is 0 Å². The Bertz CT molecular complexity index is 3160. The predicted molar refractivity (Wildman–Crippen MR) is 214 cm³/mol. The summed E-state index contributed by atoms with van der Waals surface area (Å²) < 4.78 is 4.65. The highest BCUT2D eigenvalue weighted by atomic mass is 15.1. The second kappa shape index (κ2) is 11.2. The summed E-state index contributed by atoms with van der Waals surface area (Å²) in [5.74, 6) is 1.67. The zero-order valence-corrected chi connectivity index (χ0v) is 28.0. The van der Waals surface area contributed by atoms with Gasteiger partial charge in [0.2, 0.25) is 0 Å². The third kappa shape index (κ3) is 4.26. The SMILES string of the molecule is c1ccc(-c2ccc3c(c2)c2cc4c5ccc6ccccc6c5n(-c5ccccn5)c4cc2n3-c2nc3ccccc3nc2-c2ccccc2)cc1. The smallest absolute Gasteiger partial charge is 0.165 e. The Kier molecular flexibility index (Phi) is 6.18. The molecule has 0 spiro atoms. The number of pyridine rings is 1. The first kappa shape index (κ1) is 28.7. The minimum Gasteiger partial charge on any atom is -0.293 e. The maximum absolute atomic E-state index is 5.40. The molecular formula is C47H29N5. The lowest BCUT2D eigenvalue weighted by molar-refractivity contribution is 1.07. The van der Waals surface area contributed by atoms with Gasteiger partial charge in [-0.2, -0.15) is 0 Å². The number of para-hydroxylation sites is 2. The Hall–Kier alpha value is -7.11. The maximum Gasteiger partial charge on any atom is 0.165 e. The second-order valence-corrected chi connectivity index (χ2v) is 13.3. The van der Waals surface area contributed by atoms with Crippen LogP contribution in [0.5, 0.6) is 0 Å². The third-order valence-corrected chi connectivity index (χ3v) is 10.3. The summed E-state index contributed by atoms with van der Waals surface area (Å²) in [5.41, 5.74) is 10.3. The molecular weight excluding hydrogens is 635 g/mol. The fourth-order valence-electron chi connectivity index (χ4n) is 7.99. The van der Waals surface area contributed by atoms with Crippen LogP contribution >= 0.6 is 0 Å². The van der Waals surface area contributed by atoms with Gasteiger partial charge in [-0.05, 0) is 65.0 Å². The highest BCUT2D eigenvalue weighted by Crippen LogP contribution is 2.43. The molecule has 0 saturated carbocycles. The van der Waals surface area contributed by atoms with Crippen molar-refractivity contribution in [2.24, 2.45) is 0 Å². The van der Waals surface area contributed by atoms with Gasteiger partial charge < -0.3 is 0 Å². The minimum absolute atomic E-state index is 0.794. The van der Waals surface area contributed by atoms with Gasteiger partial charge in [0.1, 0.15) is 11.5 Å².